The van der Waals surface area contributed by atoms with Crippen molar-refractivity contribution in [3.63, 3.8) is 0 Å². The van der Waals surface area contributed by atoms with Crippen LogP contribution in [-0.4, -0.2) is 9.97 Å². The van der Waals surface area contributed by atoms with E-state index in [0.717, 1.165) is 11.3 Å². The molecule has 5 heteroatoms. The molecule has 0 amide bonds. The summed E-state index contributed by atoms with van der Waals surface area (Å²) in [7, 11) is 0. The lowest BCUT2D eigenvalue weighted by molar-refractivity contribution is 1.11. The van der Waals surface area contributed by atoms with Gasteiger partial charge in [-0.3, -0.25) is 4.79 Å². The molecule has 0 aromatic carbocycles. The molecule has 2 aromatic heterocycles. The zero-order valence-electron chi connectivity index (χ0n) is 8.08. The second-order valence-electron chi connectivity index (χ2n) is 3.03. The Morgan fingerprint density at radius 1 is 1.53 bits per heavy atom. The number of aromatic nitrogens is 2. The maximum absolute atomic E-state index is 11.4. The topological polar surface area (TPSA) is 45.8 Å². The summed E-state index contributed by atoms with van der Waals surface area (Å²) in [6, 6.07) is 4.06. The van der Waals surface area contributed by atoms with Crippen molar-refractivity contribution in [2.75, 3.05) is 0 Å². The van der Waals surface area contributed by atoms with Crippen molar-refractivity contribution in [2.45, 2.75) is 13.3 Å². The molecule has 0 aliphatic rings. The monoisotopic (exact) mass is 332 g/mol. The summed E-state index contributed by atoms with van der Waals surface area (Å²) in [4.78, 5) is 20.7. The maximum atomic E-state index is 11.4. The Labute approximate surface area is 105 Å². The van der Waals surface area contributed by atoms with Gasteiger partial charge < -0.3 is 4.98 Å². The Morgan fingerprint density at radius 3 is 2.93 bits per heavy atom. The lowest BCUT2D eigenvalue weighted by Gasteiger charge is -1.95. The molecule has 2 rings (SSSR count). The second kappa shape index (κ2) is 4.44. The SMILES string of the molecule is CCc1ccc(-c2ncc(I)c(=O)[nH]2)s1. The van der Waals surface area contributed by atoms with Crippen LogP contribution in [-0.2, 0) is 6.42 Å². The average Bonchev–Trinajstić information content (AvgIpc) is 2.70. The summed E-state index contributed by atoms with van der Waals surface area (Å²) < 4.78 is 0.614. The molecular formula is C10H9IN2OS. The van der Waals surface area contributed by atoms with E-state index in [4.69, 9.17) is 0 Å². The number of hydrogen-bond acceptors (Lipinski definition) is 3. The van der Waals surface area contributed by atoms with Gasteiger partial charge >= 0.3 is 0 Å². The molecule has 0 atom stereocenters. The van der Waals surface area contributed by atoms with Crippen molar-refractivity contribution in [2.24, 2.45) is 0 Å². The van der Waals surface area contributed by atoms with E-state index >= 15 is 0 Å². The summed E-state index contributed by atoms with van der Waals surface area (Å²) >= 11 is 3.64. The molecule has 0 radical (unpaired) electrons. The fourth-order valence-corrected chi connectivity index (χ4v) is 2.37. The minimum absolute atomic E-state index is 0.0768. The van der Waals surface area contributed by atoms with Crippen molar-refractivity contribution in [3.05, 3.63) is 37.1 Å². The van der Waals surface area contributed by atoms with E-state index in [2.05, 4.69) is 23.0 Å². The highest BCUT2D eigenvalue weighted by Gasteiger charge is 2.05. The molecule has 2 heterocycles. The lowest BCUT2D eigenvalue weighted by Crippen LogP contribution is -2.10. The lowest BCUT2D eigenvalue weighted by atomic mass is 10.3. The Hall–Kier alpha value is -0.690. The first-order valence-corrected chi connectivity index (χ1v) is 6.44. The number of aromatic amines is 1. The quantitative estimate of drug-likeness (QED) is 0.860. The van der Waals surface area contributed by atoms with Crippen LogP contribution in [0, 0.1) is 3.57 Å². The third-order valence-electron chi connectivity index (χ3n) is 2.00. The van der Waals surface area contributed by atoms with Gasteiger partial charge in [-0.25, -0.2) is 4.98 Å². The van der Waals surface area contributed by atoms with Crippen molar-refractivity contribution >= 4 is 33.9 Å². The number of rotatable bonds is 2. The molecule has 0 spiro atoms. The number of thiophene rings is 1. The van der Waals surface area contributed by atoms with Crippen LogP contribution in [0.4, 0.5) is 0 Å². The van der Waals surface area contributed by atoms with Gasteiger partial charge in [-0.05, 0) is 41.1 Å². The van der Waals surface area contributed by atoms with E-state index in [1.54, 1.807) is 17.5 Å². The van der Waals surface area contributed by atoms with Crippen molar-refractivity contribution in [3.8, 4) is 10.7 Å². The second-order valence-corrected chi connectivity index (χ2v) is 5.36. The molecule has 3 nitrogen and oxygen atoms in total. The number of H-pyrrole nitrogens is 1. The van der Waals surface area contributed by atoms with Crippen molar-refractivity contribution in [1.82, 2.24) is 9.97 Å². The molecule has 0 unspecified atom stereocenters. The summed E-state index contributed by atoms with van der Waals surface area (Å²) in [6.07, 6.45) is 2.61. The maximum Gasteiger partial charge on any atom is 0.264 e. The fraction of sp³-hybridized carbons (Fsp3) is 0.200. The van der Waals surface area contributed by atoms with Crippen LogP contribution in [0.15, 0.2) is 23.1 Å². The predicted molar refractivity (Wildman–Crippen MR) is 70.3 cm³/mol. The van der Waals surface area contributed by atoms with E-state index in [1.807, 2.05) is 28.7 Å². The molecular weight excluding hydrogens is 323 g/mol. The normalized spacial score (nSPS) is 10.5. The van der Waals surface area contributed by atoms with Crippen molar-refractivity contribution in [1.29, 1.82) is 0 Å². The molecule has 0 bridgehead atoms. The van der Waals surface area contributed by atoms with Gasteiger partial charge in [0, 0.05) is 11.1 Å². The van der Waals surface area contributed by atoms with Gasteiger partial charge in [-0.1, -0.05) is 6.92 Å². The van der Waals surface area contributed by atoms with E-state index < -0.39 is 0 Å². The summed E-state index contributed by atoms with van der Waals surface area (Å²) in [6.45, 7) is 2.11. The highest BCUT2D eigenvalue weighted by atomic mass is 127. The average molecular weight is 332 g/mol. The molecule has 0 aliphatic heterocycles. The zero-order chi connectivity index (χ0) is 10.8. The number of nitrogens with one attached hydrogen (secondary N) is 1. The third-order valence-corrected chi connectivity index (χ3v) is 4.00. The Bertz CT molecular complexity index is 532. The minimum Gasteiger partial charge on any atom is -0.305 e. The van der Waals surface area contributed by atoms with E-state index in [-0.39, 0.29) is 5.56 Å². The number of hydrogen-bond donors (Lipinski definition) is 1. The van der Waals surface area contributed by atoms with Gasteiger partial charge in [0.15, 0.2) is 0 Å². The Balaban J connectivity index is 2.45. The van der Waals surface area contributed by atoms with Crippen LogP contribution in [0.2, 0.25) is 0 Å². The number of halogens is 1. The zero-order valence-corrected chi connectivity index (χ0v) is 11.1. The molecule has 2 aromatic rings. The van der Waals surface area contributed by atoms with Gasteiger partial charge in [0.25, 0.3) is 5.56 Å². The summed E-state index contributed by atoms with van der Waals surface area (Å²) in [5.41, 5.74) is -0.0768. The van der Waals surface area contributed by atoms with Gasteiger partial charge in [0.2, 0.25) is 0 Å². The largest absolute Gasteiger partial charge is 0.305 e. The van der Waals surface area contributed by atoms with Crippen LogP contribution in [0.5, 0.6) is 0 Å². The number of nitrogens with zero attached hydrogens (tertiary/aromatic N) is 1. The molecule has 0 saturated heterocycles. The van der Waals surface area contributed by atoms with E-state index in [0.29, 0.717) is 9.39 Å². The molecule has 15 heavy (non-hydrogen) atoms. The Kier molecular flexibility index (Phi) is 3.20. The summed E-state index contributed by atoms with van der Waals surface area (Å²) in [5.74, 6) is 0.658. The van der Waals surface area contributed by atoms with Crippen LogP contribution < -0.4 is 5.56 Å². The smallest absolute Gasteiger partial charge is 0.264 e. The molecule has 0 aliphatic carbocycles. The van der Waals surface area contributed by atoms with Crippen LogP contribution in [0.1, 0.15) is 11.8 Å². The first-order chi connectivity index (χ1) is 7.20. The van der Waals surface area contributed by atoms with Crippen LogP contribution in [0.3, 0.4) is 0 Å². The highest BCUT2D eigenvalue weighted by Crippen LogP contribution is 2.24. The molecule has 78 valence electrons. The highest BCUT2D eigenvalue weighted by molar-refractivity contribution is 14.1. The standard InChI is InChI=1S/C10H9IN2OS/c1-2-6-3-4-8(15-6)9-12-5-7(11)10(14)13-9/h3-5H,2H2,1H3,(H,12,13,14). The van der Waals surface area contributed by atoms with Gasteiger partial charge in [0.1, 0.15) is 5.82 Å². The van der Waals surface area contributed by atoms with Gasteiger partial charge in [-0.2, -0.15) is 0 Å². The van der Waals surface area contributed by atoms with Gasteiger partial charge in [-0.15, -0.1) is 11.3 Å². The number of aryl methyl sites for hydroxylation is 1. The van der Waals surface area contributed by atoms with Crippen LogP contribution >= 0.6 is 33.9 Å². The summed E-state index contributed by atoms with van der Waals surface area (Å²) in [5, 5.41) is 0. The van der Waals surface area contributed by atoms with Gasteiger partial charge in [0.05, 0.1) is 8.45 Å². The Morgan fingerprint density at radius 2 is 2.33 bits per heavy atom. The fourth-order valence-electron chi connectivity index (χ4n) is 1.20. The van der Waals surface area contributed by atoms with Crippen LogP contribution in [0.25, 0.3) is 10.7 Å². The first kappa shape index (κ1) is 10.8. The minimum atomic E-state index is -0.0768. The molecule has 1 N–H and O–H groups in total. The molecule has 0 fully saturated rings. The third kappa shape index (κ3) is 2.28. The predicted octanol–water partition coefficient (Wildman–Crippen LogP) is 2.67. The molecule has 0 saturated carbocycles. The first-order valence-electron chi connectivity index (χ1n) is 4.54. The van der Waals surface area contributed by atoms with Crippen molar-refractivity contribution < 1.29 is 0 Å². The van der Waals surface area contributed by atoms with E-state index in [9.17, 15) is 4.79 Å². The van der Waals surface area contributed by atoms with E-state index in [1.165, 1.54) is 4.88 Å².